The number of carbonyl (C=O) groups excluding carboxylic acids is 2. The number of amides is 2. The monoisotopic (exact) mass is 725 g/mol. The molecule has 2 amide bonds. The lowest BCUT2D eigenvalue weighted by atomic mass is 10.0. The van der Waals surface area contributed by atoms with Crippen molar-refractivity contribution < 1.29 is 32.0 Å². The van der Waals surface area contributed by atoms with Crippen LogP contribution in [0.2, 0.25) is 0 Å². The van der Waals surface area contributed by atoms with E-state index in [9.17, 15) is 22.6 Å². The molecule has 264 valence electrons. The fraction of sp³-hybridized carbons (Fsp3) is 0.256. The average molecular weight is 726 g/mol. The number of nitrogens with zero attached hydrogens (tertiary/aromatic N) is 2. The van der Waals surface area contributed by atoms with E-state index >= 15 is 0 Å². The van der Waals surface area contributed by atoms with Crippen LogP contribution in [0.25, 0.3) is 11.3 Å². The lowest BCUT2D eigenvalue weighted by Gasteiger charge is -2.18. The van der Waals surface area contributed by atoms with Gasteiger partial charge in [-0.2, -0.15) is 8.42 Å². The Morgan fingerprint density at radius 3 is 2.47 bits per heavy atom. The quantitative estimate of drug-likeness (QED) is 0.0966. The van der Waals surface area contributed by atoms with Crippen molar-refractivity contribution in [3.63, 3.8) is 0 Å². The molecule has 0 fully saturated rings. The van der Waals surface area contributed by atoms with Crippen LogP contribution in [0.3, 0.4) is 0 Å². The fourth-order valence-corrected chi connectivity index (χ4v) is 7.93. The molecule has 1 aliphatic heterocycles. The van der Waals surface area contributed by atoms with Crippen molar-refractivity contribution in [1.82, 2.24) is 4.98 Å². The molecule has 0 spiro atoms. The van der Waals surface area contributed by atoms with Gasteiger partial charge in [0.25, 0.3) is 16.0 Å². The molecule has 12 heteroatoms. The van der Waals surface area contributed by atoms with E-state index in [4.69, 9.17) is 14.5 Å². The Morgan fingerprint density at radius 1 is 0.941 bits per heavy atom. The molecule has 0 bridgehead atoms. The summed E-state index contributed by atoms with van der Waals surface area (Å²) < 4.78 is 45.1. The maximum Gasteiger partial charge on any atom is 0.274 e. The molecule has 10 nitrogen and oxygen atoms in total. The van der Waals surface area contributed by atoms with E-state index in [1.807, 2.05) is 61.2 Å². The first-order chi connectivity index (χ1) is 24.5. The maximum absolute atomic E-state index is 13.3. The van der Waals surface area contributed by atoms with Crippen LogP contribution in [0, 0.1) is 20.8 Å². The van der Waals surface area contributed by atoms with Gasteiger partial charge in [0.1, 0.15) is 17.6 Å². The van der Waals surface area contributed by atoms with Crippen molar-refractivity contribution in [2.24, 2.45) is 0 Å². The van der Waals surface area contributed by atoms with Crippen LogP contribution in [0.1, 0.15) is 48.3 Å². The summed E-state index contributed by atoms with van der Waals surface area (Å²) in [4.78, 5) is 33.9. The van der Waals surface area contributed by atoms with Gasteiger partial charge in [0.05, 0.1) is 25.3 Å². The van der Waals surface area contributed by atoms with E-state index in [0.717, 1.165) is 50.5 Å². The number of rotatable bonds is 13. The van der Waals surface area contributed by atoms with E-state index in [-0.39, 0.29) is 38.1 Å². The Hall–Kier alpha value is -4.88. The van der Waals surface area contributed by atoms with Gasteiger partial charge in [0.15, 0.2) is 5.13 Å². The van der Waals surface area contributed by atoms with Gasteiger partial charge in [-0.15, -0.1) is 11.3 Å². The van der Waals surface area contributed by atoms with Crippen LogP contribution in [-0.4, -0.2) is 56.1 Å². The topological polar surface area (TPSA) is 135 Å². The van der Waals surface area contributed by atoms with Crippen molar-refractivity contribution in [2.75, 3.05) is 36.6 Å². The normalized spacial score (nSPS) is 13.1. The van der Waals surface area contributed by atoms with Gasteiger partial charge >= 0.3 is 0 Å². The Labute approximate surface area is 301 Å². The molecular weight excluding hydrogens is 687 g/mol. The standard InChI is InChI=1S/C39H39N3O7S2/c1-25-9-4-6-13-32(25)35(51(45,46)47)24-48-19-20-49-31-12-8-11-28(21-31)22-36(43)40-39-41-37(27(3)50-39)30-15-16-34-29(23-30)17-18-42(34)38(44)33-14-7-5-10-26(33)2/h4-16,21,23,35H,17-20,22,24H2,1-3H3,(H,40,41,43)(H,45,46,47). The van der Waals surface area contributed by atoms with Gasteiger partial charge in [-0.05, 0) is 85.3 Å². The highest BCUT2D eigenvalue weighted by Crippen LogP contribution is 2.36. The zero-order valence-electron chi connectivity index (χ0n) is 28.6. The average Bonchev–Trinajstić information content (AvgIpc) is 3.68. The van der Waals surface area contributed by atoms with Crippen LogP contribution in [0.5, 0.6) is 5.75 Å². The van der Waals surface area contributed by atoms with Crippen LogP contribution < -0.4 is 15.0 Å². The minimum absolute atomic E-state index is 0.00148. The number of benzene rings is 4. The third-order valence-corrected chi connectivity index (χ3v) is 10.8. The Morgan fingerprint density at radius 2 is 1.71 bits per heavy atom. The van der Waals surface area contributed by atoms with Gasteiger partial charge in [-0.3, -0.25) is 14.1 Å². The molecule has 4 aromatic carbocycles. The zero-order valence-corrected chi connectivity index (χ0v) is 30.2. The van der Waals surface area contributed by atoms with Crippen LogP contribution in [0.4, 0.5) is 10.8 Å². The summed E-state index contributed by atoms with van der Waals surface area (Å²) in [7, 11) is -4.37. The molecule has 1 atom stereocenters. The molecule has 2 heterocycles. The van der Waals surface area contributed by atoms with Crippen LogP contribution in [-0.2, 0) is 32.5 Å². The SMILES string of the molecule is Cc1ccccc1C(=O)N1CCc2cc(-c3nc(NC(=O)Cc4cccc(OCCOCC(c5ccccc5C)S(=O)(=O)O)c4)sc3C)ccc21. The minimum Gasteiger partial charge on any atom is -0.491 e. The highest BCUT2D eigenvalue weighted by molar-refractivity contribution is 7.86. The van der Waals surface area contributed by atoms with Crippen molar-refractivity contribution in [3.8, 4) is 17.0 Å². The lowest BCUT2D eigenvalue weighted by molar-refractivity contribution is -0.115. The number of anilines is 2. The second kappa shape index (κ2) is 15.6. The number of hydrogen-bond acceptors (Lipinski definition) is 8. The second-order valence-electron chi connectivity index (χ2n) is 12.4. The number of fused-ring (bicyclic) bond motifs is 1. The van der Waals surface area contributed by atoms with E-state index in [0.29, 0.717) is 28.6 Å². The number of aromatic nitrogens is 1. The van der Waals surface area contributed by atoms with Crippen molar-refractivity contribution >= 4 is 44.1 Å². The summed E-state index contributed by atoms with van der Waals surface area (Å²) in [5.41, 5.74) is 7.36. The lowest BCUT2D eigenvalue weighted by Crippen LogP contribution is -2.29. The van der Waals surface area contributed by atoms with Crippen LogP contribution in [0.15, 0.2) is 91.0 Å². The summed E-state index contributed by atoms with van der Waals surface area (Å²) in [6, 6.07) is 27.8. The number of carbonyl (C=O) groups is 2. The Kier molecular flexibility index (Phi) is 11.0. The summed E-state index contributed by atoms with van der Waals surface area (Å²) in [5.74, 6) is 0.321. The number of ether oxygens (including phenoxy) is 2. The van der Waals surface area contributed by atoms with Gasteiger partial charge in [-0.25, -0.2) is 4.98 Å². The predicted molar refractivity (Wildman–Crippen MR) is 199 cm³/mol. The molecule has 0 saturated carbocycles. The number of hydrogen-bond donors (Lipinski definition) is 2. The number of nitrogens with one attached hydrogen (secondary N) is 1. The van der Waals surface area contributed by atoms with Gasteiger partial charge in [0, 0.05) is 28.2 Å². The smallest absolute Gasteiger partial charge is 0.274 e. The molecule has 6 rings (SSSR count). The van der Waals surface area contributed by atoms with E-state index in [1.165, 1.54) is 11.3 Å². The molecule has 0 aliphatic carbocycles. The third-order valence-electron chi connectivity index (χ3n) is 8.84. The number of aryl methyl sites for hydroxylation is 3. The summed E-state index contributed by atoms with van der Waals surface area (Å²) in [5, 5.41) is 2.23. The first kappa shape index (κ1) is 35.9. The Bertz CT molecular complexity index is 2180. The Balaban J connectivity index is 1.02. The molecule has 51 heavy (non-hydrogen) atoms. The maximum atomic E-state index is 13.3. The van der Waals surface area contributed by atoms with Gasteiger partial charge < -0.3 is 19.7 Å². The van der Waals surface area contributed by atoms with Gasteiger partial charge in [-0.1, -0.05) is 60.7 Å². The van der Waals surface area contributed by atoms with Crippen molar-refractivity contribution in [1.29, 1.82) is 0 Å². The summed E-state index contributed by atoms with van der Waals surface area (Å²) >= 11 is 1.41. The van der Waals surface area contributed by atoms with E-state index in [1.54, 1.807) is 49.4 Å². The first-order valence-electron chi connectivity index (χ1n) is 16.6. The predicted octanol–water partition coefficient (Wildman–Crippen LogP) is 7.14. The molecule has 2 N–H and O–H groups in total. The first-order valence-corrected chi connectivity index (χ1v) is 18.9. The fourth-order valence-electron chi connectivity index (χ4n) is 6.22. The molecule has 0 radical (unpaired) electrons. The highest BCUT2D eigenvalue weighted by atomic mass is 32.2. The molecule has 0 saturated heterocycles. The minimum atomic E-state index is -4.37. The largest absolute Gasteiger partial charge is 0.491 e. The van der Waals surface area contributed by atoms with E-state index in [2.05, 4.69) is 11.4 Å². The third kappa shape index (κ3) is 8.54. The van der Waals surface area contributed by atoms with E-state index < -0.39 is 15.4 Å². The highest BCUT2D eigenvalue weighted by Gasteiger charge is 2.28. The van der Waals surface area contributed by atoms with Crippen LogP contribution >= 0.6 is 11.3 Å². The van der Waals surface area contributed by atoms with Crippen molar-refractivity contribution in [3.05, 3.63) is 129 Å². The molecular formula is C39H39N3O7S2. The summed E-state index contributed by atoms with van der Waals surface area (Å²) in [6.45, 7) is 6.35. The number of thiazole rings is 1. The summed E-state index contributed by atoms with van der Waals surface area (Å²) in [6.07, 6.45) is 0.865. The molecule has 1 unspecified atom stereocenters. The second-order valence-corrected chi connectivity index (χ2v) is 15.2. The molecule has 1 aromatic heterocycles. The van der Waals surface area contributed by atoms with Crippen molar-refractivity contribution in [2.45, 2.75) is 38.9 Å². The molecule has 1 aliphatic rings. The van der Waals surface area contributed by atoms with Gasteiger partial charge in [0.2, 0.25) is 5.91 Å². The molecule has 5 aromatic rings. The zero-order chi connectivity index (χ0) is 36.1.